The number of ether oxygens (including phenoxy) is 2. The minimum Gasteiger partial charge on any atom is -0.489 e. The molecule has 0 bridgehead atoms. The number of carbonyl (C=O) groups excluding carboxylic acids is 3. The Balaban J connectivity index is 1.36. The van der Waals surface area contributed by atoms with Gasteiger partial charge in [-0.25, -0.2) is 9.80 Å². The van der Waals surface area contributed by atoms with Crippen LogP contribution in [0.5, 0.6) is 5.75 Å². The summed E-state index contributed by atoms with van der Waals surface area (Å²) in [5.74, 6) is -0.0946. The maximum Gasteiger partial charge on any atom is 0.405 e. The molecule has 0 spiro atoms. The summed E-state index contributed by atoms with van der Waals surface area (Å²) in [5, 5.41) is 7.87. The summed E-state index contributed by atoms with van der Waals surface area (Å²) in [5.41, 5.74) is 6.05. The molecule has 0 aliphatic carbocycles. The summed E-state index contributed by atoms with van der Waals surface area (Å²) < 4.78 is 11.0. The Hall–Kier alpha value is -4.40. The first-order valence-corrected chi connectivity index (χ1v) is 12.1. The second-order valence-corrected chi connectivity index (χ2v) is 9.38. The van der Waals surface area contributed by atoms with Crippen LogP contribution in [0.2, 0.25) is 0 Å². The van der Waals surface area contributed by atoms with E-state index >= 15 is 0 Å². The molecule has 1 saturated heterocycles. The fraction of sp³-hybridized carbons (Fsp3) is 0.286. The molecular weight excluding hydrogens is 472 g/mol. The van der Waals surface area contributed by atoms with Crippen LogP contribution >= 0.6 is 0 Å². The molecule has 5 rings (SSSR count). The highest BCUT2D eigenvalue weighted by Crippen LogP contribution is 2.38. The van der Waals surface area contributed by atoms with E-state index in [0.29, 0.717) is 25.1 Å². The van der Waals surface area contributed by atoms with Gasteiger partial charge in [0.15, 0.2) is 0 Å². The number of amides is 3. The van der Waals surface area contributed by atoms with Crippen molar-refractivity contribution in [2.24, 2.45) is 16.3 Å². The SMILES string of the molecule is CN1N=C2CCN(C(=O)[C@@H](COc3ccc4ccccc4c3)OC(N)=O)C[C@@]2(Cc2ccccc2)C1=O. The van der Waals surface area contributed by atoms with Gasteiger partial charge in [0.05, 0.1) is 5.71 Å². The molecule has 1 fully saturated rings. The number of benzene rings is 3. The molecule has 37 heavy (non-hydrogen) atoms. The lowest BCUT2D eigenvalue weighted by Gasteiger charge is -2.40. The highest BCUT2D eigenvalue weighted by atomic mass is 16.6. The molecule has 2 aliphatic rings. The molecule has 0 radical (unpaired) electrons. The van der Waals surface area contributed by atoms with Crippen LogP contribution in [-0.2, 0) is 20.7 Å². The molecule has 3 aromatic carbocycles. The zero-order valence-electron chi connectivity index (χ0n) is 20.5. The average Bonchev–Trinajstić information content (AvgIpc) is 3.15. The highest BCUT2D eigenvalue weighted by molar-refractivity contribution is 6.13. The van der Waals surface area contributed by atoms with Gasteiger partial charge in [0.25, 0.3) is 11.8 Å². The van der Waals surface area contributed by atoms with Gasteiger partial charge in [0, 0.05) is 26.6 Å². The molecule has 9 heteroatoms. The number of nitrogens with zero attached hydrogens (tertiary/aromatic N) is 3. The number of nitrogens with two attached hydrogens (primary N) is 1. The Bertz CT molecular complexity index is 1380. The molecular formula is C28H28N4O5. The van der Waals surface area contributed by atoms with Crippen LogP contribution in [0.3, 0.4) is 0 Å². The third-order valence-electron chi connectivity index (χ3n) is 6.92. The predicted octanol–water partition coefficient (Wildman–Crippen LogP) is 2.97. The van der Waals surface area contributed by atoms with Crippen molar-refractivity contribution in [3.05, 3.63) is 78.4 Å². The summed E-state index contributed by atoms with van der Waals surface area (Å²) in [6.45, 7) is 0.248. The van der Waals surface area contributed by atoms with Gasteiger partial charge >= 0.3 is 6.09 Å². The van der Waals surface area contributed by atoms with E-state index in [2.05, 4.69) is 5.10 Å². The van der Waals surface area contributed by atoms with Crippen molar-refractivity contribution in [2.45, 2.75) is 18.9 Å². The predicted molar refractivity (Wildman–Crippen MR) is 138 cm³/mol. The number of piperidine rings is 1. The van der Waals surface area contributed by atoms with Crippen LogP contribution in [0.4, 0.5) is 4.79 Å². The summed E-state index contributed by atoms with van der Waals surface area (Å²) >= 11 is 0. The van der Waals surface area contributed by atoms with E-state index in [1.807, 2.05) is 66.7 Å². The van der Waals surface area contributed by atoms with E-state index in [9.17, 15) is 14.4 Å². The standard InChI is InChI=1S/C28H28N4O5/c1-31-26(34)28(16-19-7-3-2-4-8-19)18-32(14-13-24(28)30-31)25(33)23(37-27(29)35)17-36-22-12-11-20-9-5-6-10-21(20)15-22/h2-12,15,23H,13-14,16-18H2,1H3,(H2,29,35)/t23-,28-/m1/s1. The number of rotatable bonds is 7. The number of hydrogen-bond acceptors (Lipinski definition) is 6. The van der Waals surface area contributed by atoms with Crippen molar-refractivity contribution in [3.63, 3.8) is 0 Å². The molecule has 0 unspecified atom stereocenters. The van der Waals surface area contributed by atoms with Crippen LogP contribution in [0.25, 0.3) is 10.8 Å². The molecule has 3 aromatic rings. The summed E-state index contributed by atoms with van der Waals surface area (Å²) in [6.07, 6.45) is -1.49. The fourth-order valence-electron chi connectivity index (χ4n) is 5.14. The second kappa shape index (κ2) is 9.93. The number of primary amides is 1. The van der Waals surface area contributed by atoms with Gasteiger partial charge in [-0.3, -0.25) is 9.59 Å². The zero-order valence-corrected chi connectivity index (χ0v) is 20.5. The molecule has 190 valence electrons. The van der Waals surface area contributed by atoms with Crippen LogP contribution in [-0.4, -0.2) is 66.4 Å². The van der Waals surface area contributed by atoms with Crippen LogP contribution in [0, 0.1) is 5.41 Å². The lowest BCUT2D eigenvalue weighted by Crippen LogP contribution is -2.58. The Morgan fingerprint density at radius 3 is 2.54 bits per heavy atom. The van der Waals surface area contributed by atoms with Crippen LogP contribution in [0.15, 0.2) is 77.9 Å². The normalized spacial score (nSPS) is 19.8. The van der Waals surface area contributed by atoms with Crippen LogP contribution in [0.1, 0.15) is 12.0 Å². The fourth-order valence-corrected chi connectivity index (χ4v) is 5.14. The first-order valence-electron chi connectivity index (χ1n) is 12.1. The minimum atomic E-state index is -1.26. The van der Waals surface area contributed by atoms with Gasteiger partial charge in [0.1, 0.15) is 17.8 Å². The maximum absolute atomic E-state index is 13.6. The number of carbonyl (C=O) groups is 3. The molecule has 2 N–H and O–H groups in total. The highest BCUT2D eigenvalue weighted by Gasteiger charge is 2.54. The van der Waals surface area contributed by atoms with Crippen molar-refractivity contribution in [1.29, 1.82) is 0 Å². The van der Waals surface area contributed by atoms with E-state index in [4.69, 9.17) is 15.2 Å². The van der Waals surface area contributed by atoms with E-state index in [-0.39, 0.29) is 19.1 Å². The van der Waals surface area contributed by atoms with Crippen molar-refractivity contribution in [3.8, 4) is 5.75 Å². The van der Waals surface area contributed by atoms with Gasteiger partial charge in [-0.2, -0.15) is 5.10 Å². The molecule has 0 aromatic heterocycles. The molecule has 2 atom stereocenters. The van der Waals surface area contributed by atoms with E-state index < -0.39 is 23.5 Å². The van der Waals surface area contributed by atoms with E-state index in [0.717, 1.165) is 22.0 Å². The van der Waals surface area contributed by atoms with Gasteiger partial charge in [-0.05, 0) is 34.9 Å². The Labute approximate surface area is 214 Å². The summed E-state index contributed by atoms with van der Waals surface area (Å²) in [6, 6.07) is 23.0. The maximum atomic E-state index is 13.6. The number of hydrazone groups is 1. The van der Waals surface area contributed by atoms with E-state index in [1.54, 1.807) is 18.0 Å². The Morgan fingerprint density at radius 1 is 1.05 bits per heavy atom. The topological polar surface area (TPSA) is 115 Å². The largest absolute Gasteiger partial charge is 0.489 e. The molecule has 3 amide bonds. The smallest absolute Gasteiger partial charge is 0.405 e. The third kappa shape index (κ3) is 4.84. The minimum absolute atomic E-state index is 0.122. The number of likely N-dealkylation sites (tertiary alicyclic amines) is 1. The average molecular weight is 501 g/mol. The van der Waals surface area contributed by atoms with E-state index in [1.165, 1.54) is 5.01 Å². The Kier molecular flexibility index (Phi) is 6.52. The molecule has 2 heterocycles. The van der Waals surface area contributed by atoms with Crippen LogP contribution < -0.4 is 10.5 Å². The zero-order chi connectivity index (χ0) is 26.0. The van der Waals surface area contributed by atoms with Crippen molar-refractivity contribution in [2.75, 3.05) is 26.7 Å². The number of hydrogen-bond donors (Lipinski definition) is 1. The van der Waals surface area contributed by atoms with Gasteiger partial charge < -0.3 is 20.1 Å². The van der Waals surface area contributed by atoms with Gasteiger partial charge in [-0.15, -0.1) is 0 Å². The third-order valence-corrected chi connectivity index (χ3v) is 6.92. The molecule has 0 saturated carbocycles. The monoisotopic (exact) mass is 500 g/mol. The van der Waals surface area contributed by atoms with Gasteiger partial charge in [-0.1, -0.05) is 60.7 Å². The first-order chi connectivity index (χ1) is 17.9. The summed E-state index contributed by atoms with van der Waals surface area (Å²) in [7, 11) is 1.63. The summed E-state index contributed by atoms with van der Waals surface area (Å²) in [4.78, 5) is 40.1. The quantitative estimate of drug-likeness (QED) is 0.536. The van der Waals surface area contributed by atoms with Crippen molar-refractivity contribution < 1.29 is 23.9 Å². The van der Waals surface area contributed by atoms with Crippen molar-refractivity contribution in [1.82, 2.24) is 9.91 Å². The second-order valence-electron chi connectivity index (χ2n) is 9.38. The van der Waals surface area contributed by atoms with Gasteiger partial charge in [0.2, 0.25) is 6.10 Å². The van der Waals surface area contributed by atoms with Crippen molar-refractivity contribution >= 4 is 34.4 Å². The Morgan fingerprint density at radius 2 is 1.78 bits per heavy atom. The number of fused-ring (bicyclic) bond motifs is 2. The lowest BCUT2D eigenvalue weighted by atomic mass is 9.73. The lowest BCUT2D eigenvalue weighted by molar-refractivity contribution is -0.146. The molecule has 2 aliphatic heterocycles. The molecule has 9 nitrogen and oxygen atoms in total. The first kappa shape index (κ1) is 24.3.